The lowest BCUT2D eigenvalue weighted by Gasteiger charge is -2.08. The van der Waals surface area contributed by atoms with Crippen LogP contribution in [-0.2, 0) is 0 Å². The molecule has 2 aromatic carbocycles. The van der Waals surface area contributed by atoms with Gasteiger partial charge >= 0.3 is 0 Å². The molecular formula is C19H14N4OS. The maximum Gasteiger partial charge on any atom is 0.274 e. The largest absolute Gasteiger partial charge is 0.337 e. The number of carbonyl (C=O) groups is 1. The third-order valence-electron chi connectivity index (χ3n) is 3.86. The van der Waals surface area contributed by atoms with Crippen molar-refractivity contribution in [3.8, 4) is 5.69 Å². The molecule has 0 aliphatic carbocycles. The third-order valence-corrected chi connectivity index (χ3v) is 4.18. The lowest BCUT2D eigenvalue weighted by atomic mass is 10.2. The number of carbonyl (C=O) groups excluding carboxylic acids is 1. The molecule has 1 amide bonds. The number of H-pyrrole nitrogens is 1. The van der Waals surface area contributed by atoms with Gasteiger partial charge in [0.25, 0.3) is 5.91 Å². The summed E-state index contributed by atoms with van der Waals surface area (Å²) in [5.74, 6) is -0.249. The van der Waals surface area contributed by atoms with E-state index in [1.54, 1.807) is 12.3 Å². The zero-order valence-corrected chi connectivity index (χ0v) is 14.0. The number of nitrogens with zero attached hydrogens (tertiary/aromatic N) is 2. The summed E-state index contributed by atoms with van der Waals surface area (Å²) in [5.41, 5.74) is 2.72. The van der Waals surface area contributed by atoms with Gasteiger partial charge in [0.1, 0.15) is 5.69 Å². The van der Waals surface area contributed by atoms with Gasteiger partial charge < -0.3 is 10.3 Å². The van der Waals surface area contributed by atoms with Gasteiger partial charge in [-0.15, -0.1) is 0 Å². The number of hydrogen-bond donors (Lipinski definition) is 2. The number of para-hydroxylation sites is 1. The van der Waals surface area contributed by atoms with Gasteiger partial charge in [0.15, 0.2) is 4.77 Å². The van der Waals surface area contributed by atoms with Crippen LogP contribution in [0.3, 0.4) is 0 Å². The molecule has 0 bridgehead atoms. The Bertz CT molecular complexity index is 1130. The summed E-state index contributed by atoms with van der Waals surface area (Å²) in [6, 6.07) is 18.8. The Morgan fingerprint density at radius 2 is 1.96 bits per heavy atom. The highest BCUT2D eigenvalue weighted by molar-refractivity contribution is 7.71. The molecule has 0 spiro atoms. The van der Waals surface area contributed by atoms with Crippen molar-refractivity contribution in [3.63, 3.8) is 0 Å². The molecule has 4 rings (SSSR count). The summed E-state index contributed by atoms with van der Waals surface area (Å²) in [6.45, 7) is 0. The smallest absolute Gasteiger partial charge is 0.274 e. The standard InChI is InChI=1S/C19H14N4OS/c24-18(17-9-8-13-4-1-2-7-16(13)22-17)21-14-5-3-6-15(12-14)23-11-10-20-19(23)25/h1-12H,(H,20,25)(H,21,24). The van der Waals surface area contributed by atoms with Crippen LogP contribution in [0, 0.1) is 4.77 Å². The Hall–Kier alpha value is -3.25. The fourth-order valence-corrected chi connectivity index (χ4v) is 2.88. The number of aromatic amines is 1. The molecule has 0 fully saturated rings. The number of rotatable bonds is 3. The van der Waals surface area contributed by atoms with Crippen molar-refractivity contribution in [3.05, 3.63) is 83.5 Å². The highest BCUT2D eigenvalue weighted by atomic mass is 32.1. The second-order valence-electron chi connectivity index (χ2n) is 5.53. The van der Waals surface area contributed by atoms with E-state index in [1.165, 1.54) is 0 Å². The Morgan fingerprint density at radius 1 is 1.08 bits per heavy atom. The van der Waals surface area contributed by atoms with Crippen molar-refractivity contribution in [2.75, 3.05) is 5.32 Å². The predicted octanol–water partition coefficient (Wildman–Crippen LogP) is 4.34. The molecule has 25 heavy (non-hydrogen) atoms. The topological polar surface area (TPSA) is 62.7 Å². The fourth-order valence-electron chi connectivity index (χ4n) is 2.64. The van der Waals surface area contributed by atoms with Gasteiger partial charge in [-0.1, -0.05) is 30.3 Å². The SMILES string of the molecule is O=C(Nc1cccc(-n2cc[nH]c2=S)c1)c1ccc2ccccc2n1. The molecular weight excluding hydrogens is 332 g/mol. The van der Waals surface area contributed by atoms with Gasteiger partial charge in [-0.25, -0.2) is 4.98 Å². The number of fused-ring (bicyclic) bond motifs is 1. The summed E-state index contributed by atoms with van der Waals surface area (Å²) < 4.78 is 2.43. The van der Waals surface area contributed by atoms with E-state index in [-0.39, 0.29) is 5.91 Å². The molecule has 122 valence electrons. The average Bonchev–Trinajstić information content (AvgIpc) is 3.07. The average molecular weight is 346 g/mol. The van der Waals surface area contributed by atoms with Crippen LogP contribution in [0.2, 0.25) is 0 Å². The van der Waals surface area contributed by atoms with E-state index >= 15 is 0 Å². The highest BCUT2D eigenvalue weighted by Gasteiger charge is 2.09. The van der Waals surface area contributed by atoms with Crippen LogP contribution in [0.15, 0.2) is 73.1 Å². The summed E-state index contributed by atoms with van der Waals surface area (Å²) in [6.07, 6.45) is 3.61. The molecule has 0 saturated heterocycles. The first-order valence-corrected chi connectivity index (χ1v) is 8.15. The first-order chi connectivity index (χ1) is 12.2. The second-order valence-corrected chi connectivity index (χ2v) is 5.92. The van der Waals surface area contributed by atoms with Gasteiger partial charge in [-0.2, -0.15) is 0 Å². The van der Waals surface area contributed by atoms with E-state index in [1.807, 2.05) is 65.4 Å². The van der Waals surface area contributed by atoms with Gasteiger partial charge in [0.05, 0.1) is 5.52 Å². The number of benzene rings is 2. The van der Waals surface area contributed by atoms with E-state index in [2.05, 4.69) is 15.3 Å². The minimum Gasteiger partial charge on any atom is -0.337 e. The third kappa shape index (κ3) is 3.07. The monoisotopic (exact) mass is 346 g/mol. The van der Waals surface area contributed by atoms with Crippen LogP contribution in [0.5, 0.6) is 0 Å². The minimum absolute atomic E-state index is 0.249. The summed E-state index contributed by atoms with van der Waals surface area (Å²) in [5, 5.41) is 3.89. The van der Waals surface area contributed by atoms with Crippen LogP contribution in [0.25, 0.3) is 16.6 Å². The number of nitrogens with one attached hydrogen (secondary N) is 2. The Kier molecular flexibility index (Phi) is 3.87. The Morgan fingerprint density at radius 3 is 2.80 bits per heavy atom. The van der Waals surface area contributed by atoms with Crippen molar-refractivity contribution < 1.29 is 4.79 Å². The number of aromatic nitrogens is 3. The maximum absolute atomic E-state index is 12.5. The number of pyridine rings is 1. The van der Waals surface area contributed by atoms with Crippen LogP contribution < -0.4 is 5.32 Å². The molecule has 0 aliphatic rings. The molecule has 0 atom stereocenters. The zero-order valence-electron chi connectivity index (χ0n) is 13.1. The van der Waals surface area contributed by atoms with Crippen molar-refractivity contribution in [2.45, 2.75) is 0 Å². The van der Waals surface area contributed by atoms with Crippen molar-refractivity contribution in [2.24, 2.45) is 0 Å². The maximum atomic E-state index is 12.5. The summed E-state index contributed by atoms with van der Waals surface area (Å²) in [4.78, 5) is 19.9. The molecule has 0 unspecified atom stereocenters. The number of imidazole rings is 1. The van der Waals surface area contributed by atoms with Gasteiger partial charge in [0, 0.05) is 29.2 Å². The predicted molar refractivity (Wildman–Crippen MR) is 101 cm³/mol. The van der Waals surface area contributed by atoms with Crippen LogP contribution in [-0.4, -0.2) is 20.4 Å². The van der Waals surface area contributed by atoms with Crippen LogP contribution >= 0.6 is 12.2 Å². The number of anilines is 1. The van der Waals surface area contributed by atoms with E-state index in [4.69, 9.17) is 12.2 Å². The summed E-state index contributed by atoms with van der Waals surface area (Å²) >= 11 is 5.23. The van der Waals surface area contributed by atoms with E-state index in [9.17, 15) is 4.79 Å². The molecule has 6 heteroatoms. The molecule has 2 heterocycles. The normalized spacial score (nSPS) is 10.7. The summed E-state index contributed by atoms with van der Waals surface area (Å²) in [7, 11) is 0. The van der Waals surface area contributed by atoms with Crippen LogP contribution in [0.1, 0.15) is 10.5 Å². The minimum atomic E-state index is -0.249. The lowest BCUT2D eigenvalue weighted by Crippen LogP contribution is -2.13. The molecule has 4 aromatic rings. The molecule has 2 N–H and O–H groups in total. The Labute approximate surface area is 149 Å². The van der Waals surface area contributed by atoms with Gasteiger partial charge in [-0.05, 0) is 42.5 Å². The lowest BCUT2D eigenvalue weighted by molar-refractivity contribution is 0.102. The fraction of sp³-hybridized carbons (Fsp3) is 0. The first-order valence-electron chi connectivity index (χ1n) is 7.74. The second kappa shape index (κ2) is 6.33. The van der Waals surface area contributed by atoms with E-state index < -0.39 is 0 Å². The van der Waals surface area contributed by atoms with Gasteiger partial charge in [-0.3, -0.25) is 9.36 Å². The number of amides is 1. The van der Waals surface area contributed by atoms with Gasteiger partial charge in [0.2, 0.25) is 0 Å². The van der Waals surface area contributed by atoms with Crippen molar-refractivity contribution in [1.82, 2.24) is 14.5 Å². The van der Waals surface area contributed by atoms with E-state index in [0.717, 1.165) is 16.6 Å². The quantitative estimate of drug-likeness (QED) is 0.543. The molecule has 0 radical (unpaired) electrons. The molecule has 0 saturated carbocycles. The zero-order chi connectivity index (χ0) is 17.2. The van der Waals surface area contributed by atoms with E-state index in [0.29, 0.717) is 16.2 Å². The van der Waals surface area contributed by atoms with Crippen molar-refractivity contribution >= 4 is 34.7 Å². The number of hydrogen-bond acceptors (Lipinski definition) is 3. The molecule has 0 aliphatic heterocycles. The molecule has 5 nitrogen and oxygen atoms in total. The Balaban J connectivity index is 1.62. The highest BCUT2D eigenvalue weighted by Crippen LogP contribution is 2.17. The molecule has 2 aromatic heterocycles. The van der Waals surface area contributed by atoms with Crippen LogP contribution in [0.4, 0.5) is 5.69 Å². The van der Waals surface area contributed by atoms with Crippen molar-refractivity contribution in [1.29, 1.82) is 0 Å². The first kappa shape index (κ1) is 15.3.